The van der Waals surface area contributed by atoms with Crippen molar-refractivity contribution in [3.05, 3.63) is 60.2 Å². The molecule has 1 fully saturated rings. The smallest absolute Gasteiger partial charge is 0.251 e. The predicted molar refractivity (Wildman–Crippen MR) is 97.5 cm³/mol. The number of imidazole rings is 1. The molecule has 3 aromatic rings. The van der Waals surface area contributed by atoms with Gasteiger partial charge in [-0.15, -0.1) is 0 Å². The van der Waals surface area contributed by atoms with E-state index in [1.807, 2.05) is 24.3 Å². The second-order valence-corrected chi connectivity index (χ2v) is 6.61. The number of nitrogens with one attached hydrogen (secondary N) is 2. The summed E-state index contributed by atoms with van der Waals surface area (Å²) >= 11 is 0. The van der Waals surface area contributed by atoms with Gasteiger partial charge in [-0.25, -0.2) is 4.98 Å². The van der Waals surface area contributed by atoms with Gasteiger partial charge in [-0.2, -0.15) is 0 Å². The fourth-order valence-electron chi connectivity index (χ4n) is 3.36. The van der Waals surface area contributed by atoms with Gasteiger partial charge >= 0.3 is 0 Å². The van der Waals surface area contributed by atoms with E-state index in [2.05, 4.69) is 25.2 Å². The summed E-state index contributed by atoms with van der Waals surface area (Å²) in [4.78, 5) is 26.2. The van der Waals surface area contributed by atoms with Crippen LogP contribution in [0.25, 0.3) is 11.0 Å². The van der Waals surface area contributed by atoms with Crippen LogP contribution in [0.3, 0.4) is 0 Å². The highest BCUT2D eigenvalue weighted by atomic mass is 16.3. The number of aliphatic hydroxyl groups excluding tert-OH is 1. The minimum atomic E-state index is -0.612. The van der Waals surface area contributed by atoms with Gasteiger partial charge in [0.15, 0.2) is 0 Å². The lowest BCUT2D eigenvalue weighted by atomic mass is 10.0. The molecule has 1 saturated heterocycles. The Labute approximate surface area is 151 Å². The van der Waals surface area contributed by atoms with Gasteiger partial charge in [0.1, 0.15) is 5.82 Å². The molecule has 3 heterocycles. The number of carbonyl (C=O) groups is 1. The topological polar surface area (TPSA) is 94.1 Å². The number of likely N-dealkylation sites (tertiary alicyclic amines) is 1. The number of benzene rings is 1. The second-order valence-electron chi connectivity index (χ2n) is 6.61. The molecule has 4 rings (SSSR count). The number of carbonyl (C=O) groups excluding carboxylic acids is 1. The average molecular weight is 351 g/mol. The Morgan fingerprint density at radius 1 is 1.27 bits per heavy atom. The van der Waals surface area contributed by atoms with Crippen molar-refractivity contribution in [2.45, 2.75) is 25.1 Å². The van der Waals surface area contributed by atoms with Crippen molar-refractivity contribution >= 4 is 16.9 Å². The number of hydrogen-bond acceptors (Lipinski definition) is 5. The Bertz CT molecular complexity index is 862. The first-order valence-corrected chi connectivity index (χ1v) is 8.74. The van der Waals surface area contributed by atoms with E-state index in [9.17, 15) is 9.90 Å². The molecule has 1 aliphatic rings. The van der Waals surface area contributed by atoms with Crippen LogP contribution in [0.1, 0.15) is 22.6 Å². The molecule has 134 valence electrons. The molecule has 1 aliphatic heterocycles. The van der Waals surface area contributed by atoms with Crippen LogP contribution in [0.15, 0.2) is 48.8 Å². The van der Waals surface area contributed by atoms with Crippen molar-refractivity contribution in [1.29, 1.82) is 0 Å². The van der Waals surface area contributed by atoms with Gasteiger partial charge in [0.25, 0.3) is 5.91 Å². The number of hydrogen-bond donors (Lipinski definition) is 3. The number of nitrogens with zero attached hydrogens (tertiary/aromatic N) is 3. The first kappa shape index (κ1) is 16.7. The molecule has 0 bridgehead atoms. The highest BCUT2D eigenvalue weighted by molar-refractivity contribution is 5.94. The van der Waals surface area contributed by atoms with Crippen LogP contribution in [0.2, 0.25) is 0 Å². The Hall–Kier alpha value is -2.77. The van der Waals surface area contributed by atoms with Crippen molar-refractivity contribution in [2.24, 2.45) is 0 Å². The van der Waals surface area contributed by atoms with Crippen LogP contribution < -0.4 is 5.32 Å². The van der Waals surface area contributed by atoms with Gasteiger partial charge in [0.2, 0.25) is 0 Å². The zero-order valence-electron chi connectivity index (χ0n) is 14.3. The normalized spacial score (nSPS) is 21.0. The van der Waals surface area contributed by atoms with Crippen molar-refractivity contribution in [2.75, 3.05) is 13.1 Å². The Balaban J connectivity index is 1.35. The molecule has 0 spiro atoms. The fraction of sp³-hybridized carbons (Fsp3) is 0.316. The maximum atomic E-state index is 12.3. The lowest BCUT2D eigenvalue weighted by Gasteiger charge is -2.35. The zero-order valence-corrected chi connectivity index (χ0v) is 14.3. The molecule has 2 atom stereocenters. The van der Waals surface area contributed by atoms with Gasteiger partial charge in [0.05, 0.1) is 29.7 Å². The fourth-order valence-corrected chi connectivity index (χ4v) is 3.36. The molecule has 0 radical (unpaired) electrons. The Morgan fingerprint density at radius 3 is 2.85 bits per heavy atom. The third kappa shape index (κ3) is 3.58. The van der Waals surface area contributed by atoms with Crippen LogP contribution in [-0.2, 0) is 6.54 Å². The van der Waals surface area contributed by atoms with E-state index in [4.69, 9.17) is 0 Å². The molecule has 3 N–H and O–H groups in total. The summed E-state index contributed by atoms with van der Waals surface area (Å²) in [6, 6.07) is 11.0. The number of aliphatic hydroxyl groups is 1. The van der Waals surface area contributed by atoms with E-state index < -0.39 is 6.10 Å². The Morgan fingerprint density at radius 2 is 2.08 bits per heavy atom. The summed E-state index contributed by atoms with van der Waals surface area (Å²) in [6.07, 6.45) is 3.25. The van der Waals surface area contributed by atoms with E-state index in [0.29, 0.717) is 25.1 Å². The minimum absolute atomic E-state index is 0.179. The number of piperidine rings is 1. The molecule has 0 saturated carbocycles. The third-order valence-corrected chi connectivity index (χ3v) is 4.74. The number of β-amino-alcohol motifs (C(OH)–C–C–N with tert-alkyl or cyclic N) is 1. The van der Waals surface area contributed by atoms with Gasteiger partial charge in [-0.1, -0.05) is 12.1 Å². The molecule has 2 aromatic heterocycles. The number of aromatic amines is 1. The van der Waals surface area contributed by atoms with Gasteiger partial charge in [-0.05, 0) is 30.7 Å². The van der Waals surface area contributed by atoms with Gasteiger partial charge in [0, 0.05) is 31.0 Å². The summed E-state index contributed by atoms with van der Waals surface area (Å²) in [6.45, 7) is 1.94. The van der Waals surface area contributed by atoms with Crippen LogP contribution >= 0.6 is 0 Å². The van der Waals surface area contributed by atoms with Crippen LogP contribution in [0.5, 0.6) is 0 Å². The number of H-pyrrole nitrogens is 1. The number of aromatic nitrogens is 3. The van der Waals surface area contributed by atoms with Gasteiger partial charge < -0.3 is 15.4 Å². The first-order chi connectivity index (χ1) is 12.7. The number of rotatable bonds is 4. The van der Waals surface area contributed by atoms with Crippen LogP contribution in [0.4, 0.5) is 0 Å². The summed E-state index contributed by atoms with van der Waals surface area (Å²) < 4.78 is 0. The zero-order chi connectivity index (χ0) is 17.9. The highest BCUT2D eigenvalue weighted by Crippen LogP contribution is 2.16. The van der Waals surface area contributed by atoms with Crippen molar-refractivity contribution in [3.63, 3.8) is 0 Å². The molecule has 1 amide bonds. The number of pyridine rings is 1. The summed E-state index contributed by atoms with van der Waals surface area (Å²) in [5.74, 6) is 0.708. The summed E-state index contributed by atoms with van der Waals surface area (Å²) in [7, 11) is 0. The van der Waals surface area contributed by atoms with E-state index in [1.165, 1.54) is 0 Å². The molecular weight excluding hydrogens is 330 g/mol. The maximum Gasteiger partial charge on any atom is 0.251 e. The lowest BCUT2D eigenvalue weighted by Crippen LogP contribution is -2.53. The van der Waals surface area contributed by atoms with Crippen molar-refractivity contribution < 1.29 is 9.90 Å². The quantitative estimate of drug-likeness (QED) is 0.659. The first-order valence-electron chi connectivity index (χ1n) is 8.74. The van der Waals surface area contributed by atoms with Crippen LogP contribution in [0, 0.1) is 0 Å². The van der Waals surface area contributed by atoms with E-state index in [0.717, 1.165) is 23.4 Å². The molecule has 1 aromatic carbocycles. The number of fused-ring (bicyclic) bond motifs is 1. The van der Waals surface area contributed by atoms with E-state index in [-0.39, 0.29) is 11.9 Å². The lowest BCUT2D eigenvalue weighted by molar-refractivity contribution is 0.0341. The predicted octanol–water partition coefficient (Wildman–Crippen LogP) is 1.32. The second kappa shape index (κ2) is 7.23. The molecule has 0 aliphatic carbocycles. The molecular formula is C19H21N5O2. The largest absolute Gasteiger partial charge is 0.390 e. The summed E-state index contributed by atoms with van der Waals surface area (Å²) in [5.41, 5.74) is 2.52. The SMILES string of the molecule is O=C(NC1CCN(Cc2nc3ccccc3[nH]2)CC1O)c1ccncc1. The monoisotopic (exact) mass is 351 g/mol. The van der Waals surface area contributed by atoms with E-state index in [1.54, 1.807) is 24.5 Å². The third-order valence-electron chi connectivity index (χ3n) is 4.74. The molecule has 7 heteroatoms. The van der Waals surface area contributed by atoms with Crippen LogP contribution in [-0.4, -0.2) is 56.1 Å². The molecule has 2 unspecified atom stereocenters. The summed E-state index contributed by atoms with van der Waals surface area (Å²) in [5, 5.41) is 13.4. The van der Waals surface area contributed by atoms with Gasteiger partial charge in [-0.3, -0.25) is 14.7 Å². The molecule has 7 nitrogen and oxygen atoms in total. The Kier molecular flexibility index (Phi) is 4.64. The van der Waals surface area contributed by atoms with E-state index >= 15 is 0 Å². The average Bonchev–Trinajstić information content (AvgIpc) is 3.07. The maximum absolute atomic E-state index is 12.3. The van der Waals surface area contributed by atoms with Crippen molar-refractivity contribution in [3.8, 4) is 0 Å². The highest BCUT2D eigenvalue weighted by Gasteiger charge is 2.29. The number of para-hydroxylation sites is 2. The van der Waals surface area contributed by atoms with Crippen molar-refractivity contribution in [1.82, 2.24) is 25.2 Å². The molecule has 26 heavy (non-hydrogen) atoms. The number of amides is 1. The minimum Gasteiger partial charge on any atom is -0.390 e. The standard InChI is InChI=1S/C19H21N5O2/c25-17-11-24(12-18-21-14-3-1-2-4-15(14)22-18)10-7-16(17)23-19(26)13-5-8-20-9-6-13/h1-6,8-9,16-17,25H,7,10-12H2,(H,21,22)(H,23,26).